The molecule has 7 nitrogen and oxygen atoms in total. The van der Waals surface area contributed by atoms with Crippen LogP contribution in [-0.4, -0.2) is 46.2 Å². The normalized spacial score (nSPS) is 10.5. The van der Waals surface area contributed by atoms with E-state index in [1.165, 1.54) is 16.7 Å². The van der Waals surface area contributed by atoms with E-state index in [4.69, 9.17) is 16.1 Å². The maximum Gasteiger partial charge on any atom is 0.243 e. The molecule has 0 spiro atoms. The lowest BCUT2D eigenvalue weighted by Crippen LogP contribution is -2.36. The highest BCUT2D eigenvalue weighted by atomic mass is 35.5. The number of aryl methyl sites for hydroxylation is 1. The zero-order valence-electron chi connectivity index (χ0n) is 13.3. The largest absolute Gasteiger partial charge is 0.340 e. The van der Waals surface area contributed by atoms with Crippen LogP contribution in [0.1, 0.15) is 11.7 Å². The summed E-state index contributed by atoms with van der Waals surface area (Å²) in [6.07, 6.45) is 0. The van der Waals surface area contributed by atoms with Gasteiger partial charge >= 0.3 is 0 Å². The Morgan fingerprint density at radius 2 is 2.21 bits per heavy atom. The monoisotopic (exact) mass is 368 g/mol. The van der Waals surface area contributed by atoms with Crippen molar-refractivity contribution in [1.82, 2.24) is 15.0 Å². The van der Waals surface area contributed by atoms with Crippen molar-refractivity contribution in [3.8, 4) is 0 Å². The Kier molecular flexibility index (Phi) is 6.62. The number of halogens is 1. The summed E-state index contributed by atoms with van der Waals surface area (Å²) < 4.78 is 4.85. The van der Waals surface area contributed by atoms with Crippen LogP contribution in [0.2, 0.25) is 5.02 Å². The summed E-state index contributed by atoms with van der Waals surface area (Å²) in [4.78, 5) is 29.4. The topological polar surface area (TPSA) is 88.3 Å². The number of thioether (sulfide) groups is 1. The summed E-state index contributed by atoms with van der Waals surface area (Å²) in [7, 11) is 1.58. The molecular weight excluding hydrogens is 352 g/mol. The molecular formula is C15H17ClN4O3S. The first kappa shape index (κ1) is 18.3. The molecule has 1 aromatic carbocycles. The predicted molar refractivity (Wildman–Crippen MR) is 92.9 cm³/mol. The first-order chi connectivity index (χ1) is 11.4. The van der Waals surface area contributed by atoms with Crippen LogP contribution in [0.4, 0.5) is 5.69 Å². The molecule has 1 N–H and O–H groups in total. The van der Waals surface area contributed by atoms with Crippen LogP contribution >= 0.6 is 23.4 Å². The molecule has 0 saturated carbocycles. The second kappa shape index (κ2) is 8.70. The van der Waals surface area contributed by atoms with Crippen molar-refractivity contribution in [2.24, 2.45) is 0 Å². The van der Waals surface area contributed by atoms with Crippen LogP contribution in [0, 0.1) is 6.92 Å². The minimum absolute atomic E-state index is 0.0345. The first-order valence-electron chi connectivity index (χ1n) is 7.10. The van der Waals surface area contributed by atoms with Gasteiger partial charge in [-0.3, -0.25) is 9.59 Å². The van der Waals surface area contributed by atoms with Gasteiger partial charge in [-0.05, 0) is 18.2 Å². The number of nitrogens with one attached hydrogen (secondary N) is 1. The van der Waals surface area contributed by atoms with E-state index in [1.807, 2.05) is 0 Å². The molecule has 0 saturated heterocycles. The van der Waals surface area contributed by atoms with Crippen molar-refractivity contribution >= 4 is 40.9 Å². The molecule has 0 aliphatic heterocycles. The maximum absolute atomic E-state index is 12.0. The molecule has 0 atom stereocenters. The SMILES string of the molecule is Cc1nc(CSCC(=O)N(C)CC(=O)Nc2cccc(Cl)c2)no1. The van der Waals surface area contributed by atoms with Crippen molar-refractivity contribution < 1.29 is 14.1 Å². The third-order valence-corrected chi connectivity index (χ3v) is 4.09. The highest BCUT2D eigenvalue weighted by Crippen LogP contribution is 2.15. The van der Waals surface area contributed by atoms with Gasteiger partial charge in [-0.15, -0.1) is 11.8 Å². The molecule has 0 radical (unpaired) electrons. The highest BCUT2D eigenvalue weighted by Gasteiger charge is 2.14. The number of anilines is 1. The summed E-state index contributed by atoms with van der Waals surface area (Å²) in [5.74, 6) is 1.31. The van der Waals surface area contributed by atoms with Gasteiger partial charge < -0.3 is 14.7 Å². The molecule has 1 heterocycles. The number of amides is 2. The van der Waals surface area contributed by atoms with Gasteiger partial charge in [0.2, 0.25) is 17.7 Å². The molecule has 0 bridgehead atoms. The maximum atomic E-state index is 12.0. The summed E-state index contributed by atoms with van der Waals surface area (Å²) in [5.41, 5.74) is 0.593. The van der Waals surface area contributed by atoms with Crippen LogP contribution in [0.3, 0.4) is 0 Å². The Labute approximate surface area is 148 Å². The number of likely N-dealkylation sites (N-methyl/N-ethyl adjacent to an activating group) is 1. The minimum Gasteiger partial charge on any atom is -0.340 e. The molecule has 2 rings (SSSR count). The smallest absolute Gasteiger partial charge is 0.243 e. The van der Waals surface area contributed by atoms with Crippen molar-refractivity contribution in [3.63, 3.8) is 0 Å². The molecule has 0 unspecified atom stereocenters. The Bertz CT molecular complexity index is 722. The zero-order valence-corrected chi connectivity index (χ0v) is 14.9. The Morgan fingerprint density at radius 3 is 2.88 bits per heavy atom. The van der Waals surface area contributed by atoms with Gasteiger partial charge in [-0.1, -0.05) is 22.8 Å². The van der Waals surface area contributed by atoms with Crippen LogP contribution in [-0.2, 0) is 15.3 Å². The molecule has 24 heavy (non-hydrogen) atoms. The fourth-order valence-electron chi connectivity index (χ4n) is 1.81. The second-order valence-corrected chi connectivity index (χ2v) is 6.45. The van der Waals surface area contributed by atoms with E-state index in [2.05, 4.69) is 15.5 Å². The van der Waals surface area contributed by atoms with E-state index in [1.54, 1.807) is 38.2 Å². The van der Waals surface area contributed by atoms with Gasteiger partial charge in [0, 0.05) is 24.7 Å². The van der Waals surface area contributed by atoms with E-state index in [9.17, 15) is 9.59 Å². The third-order valence-electron chi connectivity index (χ3n) is 2.94. The summed E-state index contributed by atoms with van der Waals surface area (Å²) in [6.45, 7) is 1.67. The zero-order chi connectivity index (χ0) is 17.5. The van der Waals surface area contributed by atoms with Crippen molar-refractivity contribution in [2.45, 2.75) is 12.7 Å². The average molecular weight is 369 g/mol. The molecule has 2 aromatic rings. The lowest BCUT2D eigenvalue weighted by molar-refractivity contribution is -0.131. The number of hydrogen-bond donors (Lipinski definition) is 1. The van der Waals surface area contributed by atoms with Crippen LogP contribution in [0.15, 0.2) is 28.8 Å². The number of aromatic nitrogens is 2. The lowest BCUT2D eigenvalue weighted by Gasteiger charge is -2.16. The van der Waals surface area contributed by atoms with Gasteiger partial charge in [-0.2, -0.15) is 4.98 Å². The van der Waals surface area contributed by atoms with Gasteiger partial charge in [0.15, 0.2) is 5.82 Å². The summed E-state index contributed by atoms with van der Waals surface area (Å²) >= 11 is 7.22. The molecule has 9 heteroatoms. The first-order valence-corrected chi connectivity index (χ1v) is 8.63. The van der Waals surface area contributed by atoms with Crippen molar-refractivity contribution in [2.75, 3.05) is 24.7 Å². The fourth-order valence-corrected chi connectivity index (χ4v) is 2.80. The van der Waals surface area contributed by atoms with Gasteiger partial charge in [0.05, 0.1) is 18.1 Å². The summed E-state index contributed by atoms with van der Waals surface area (Å²) in [6, 6.07) is 6.83. The van der Waals surface area contributed by atoms with Crippen LogP contribution in [0.5, 0.6) is 0 Å². The molecule has 128 valence electrons. The lowest BCUT2D eigenvalue weighted by atomic mass is 10.3. The standard InChI is InChI=1S/C15H17ClN4O3S/c1-10-17-13(19-23-10)8-24-9-15(22)20(2)7-14(21)18-12-5-3-4-11(16)6-12/h3-6H,7-9H2,1-2H3,(H,18,21). The number of nitrogens with zero attached hydrogens (tertiary/aromatic N) is 3. The van der Waals surface area contributed by atoms with Crippen LogP contribution < -0.4 is 5.32 Å². The van der Waals surface area contributed by atoms with Crippen molar-refractivity contribution in [3.05, 3.63) is 41.0 Å². The Balaban J connectivity index is 1.73. The summed E-state index contributed by atoms with van der Waals surface area (Å²) in [5, 5.41) is 6.98. The Morgan fingerprint density at radius 1 is 1.42 bits per heavy atom. The van der Waals surface area contributed by atoms with E-state index in [-0.39, 0.29) is 24.1 Å². The van der Waals surface area contributed by atoms with Crippen LogP contribution in [0.25, 0.3) is 0 Å². The highest BCUT2D eigenvalue weighted by molar-refractivity contribution is 7.99. The van der Waals surface area contributed by atoms with E-state index in [0.717, 1.165) is 0 Å². The van der Waals surface area contributed by atoms with E-state index < -0.39 is 0 Å². The minimum atomic E-state index is -0.285. The van der Waals surface area contributed by atoms with Crippen molar-refractivity contribution in [1.29, 1.82) is 0 Å². The third kappa shape index (κ3) is 5.86. The molecule has 1 aromatic heterocycles. The van der Waals surface area contributed by atoms with Gasteiger partial charge in [0.25, 0.3) is 0 Å². The molecule has 2 amide bonds. The van der Waals surface area contributed by atoms with Gasteiger partial charge in [0.1, 0.15) is 0 Å². The number of benzene rings is 1. The molecule has 0 aliphatic carbocycles. The number of hydrogen-bond acceptors (Lipinski definition) is 6. The average Bonchev–Trinajstić information content (AvgIpc) is 2.92. The van der Waals surface area contributed by atoms with E-state index >= 15 is 0 Å². The number of rotatable bonds is 7. The number of carbonyl (C=O) groups is 2. The van der Waals surface area contributed by atoms with Gasteiger partial charge in [-0.25, -0.2) is 0 Å². The predicted octanol–water partition coefficient (Wildman–Crippen LogP) is 2.36. The fraction of sp³-hybridized carbons (Fsp3) is 0.333. The Hall–Kier alpha value is -2.06. The quantitative estimate of drug-likeness (QED) is 0.807. The molecule has 0 fully saturated rings. The van der Waals surface area contributed by atoms with E-state index in [0.29, 0.717) is 28.2 Å². The second-order valence-electron chi connectivity index (χ2n) is 5.03. The number of carbonyl (C=O) groups excluding carboxylic acids is 2. The molecule has 0 aliphatic rings.